The van der Waals surface area contributed by atoms with Crippen molar-refractivity contribution >= 4 is 35.5 Å². The van der Waals surface area contributed by atoms with E-state index in [0.717, 1.165) is 5.56 Å². The largest absolute Gasteiger partial charge is 0.480 e. The number of aliphatic carboxylic acids is 1. The molecule has 0 aliphatic rings. The van der Waals surface area contributed by atoms with Crippen LogP contribution in [0.2, 0.25) is 0 Å². The molecule has 0 aromatic heterocycles. The molecule has 0 aliphatic heterocycles. The number of rotatable bonds is 18. The summed E-state index contributed by atoms with van der Waals surface area (Å²) in [5.41, 5.74) is 6.03. The SMILES string of the molecule is CC[C@H](C)[C@H](NC(=O)[C@H](CC(C)C)NC(=O)[C@H](C)NC(=O)CN)C(=O)N[C@H](C(=O)N[C@@H](Cc1ccccc1)C(=O)O)C(C)C. The predicted octanol–water partition coefficient (Wildman–Crippen LogP) is 0.465. The molecule has 0 bridgehead atoms. The standard InChI is InChI=1S/C31H50N6O7/c1-8-19(6)26(37-28(40)22(14-17(2)3)34-27(39)20(7)33-24(38)16-32)30(42)36-25(18(4)5)29(41)35-23(31(43)44)15-21-12-10-9-11-13-21/h9-13,17-20,22-23,25-26H,8,14-16,32H2,1-7H3,(H,33,38)(H,34,39)(H,35,41)(H,36,42)(H,37,40)(H,43,44)/t19-,20-,22-,23-,25-,26-/m0/s1. The Morgan fingerprint density at radius 1 is 0.727 bits per heavy atom. The highest BCUT2D eigenvalue weighted by Crippen LogP contribution is 2.13. The lowest BCUT2D eigenvalue weighted by Crippen LogP contribution is -2.61. The van der Waals surface area contributed by atoms with E-state index in [4.69, 9.17) is 5.73 Å². The molecule has 13 nitrogen and oxygen atoms in total. The highest BCUT2D eigenvalue weighted by atomic mass is 16.4. The number of nitrogens with two attached hydrogens (primary N) is 1. The fourth-order valence-corrected chi connectivity index (χ4v) is 4.41. The molecule has 0 fully saturated rings. The van der Waals surface area contributed by atoms with Crippen molar-refractivity contribution in [1.82, 2.24) is 26.6 Å². The van der Waals surface area contributed by atoms with Crippen molar-refractivity contribution in [3.8, 4) is 0 Å². The van der Waals surface area contributed by atoms with Crippen LogP contribution in [-0.4, -0.2) is 77.4 Å². The summed E-state index contributed by atoms with van der Waals surface area (Å²) in [4.78, 5) is 76.6. The van der Waals surface area contributed by atoms with Gasteiger partial charge in [0.2, 0.25) is 29.5 Å². The molecule has 0 saturated heterocycles. The number of carbonyl (C=O) groups excluding carboxylic acids is 5. The number of carboxylic acid groups (broad SMARTS) is 1. The second-order valence-electron chi connectivity index (χ2n) is 11.9. The molecule has 5 amide bonds. The Morgan fingerprint density at radius 3 is 1.77 bits per heavy atom. The molecule has 44 heavy (non-hydrogen) atoms. The van der Waals surface area contributed by atoms with Crippen molar-refractivity contribution in [2.24, 2.45) is 23.5 Å². The zero-order chi connectivity index (χ0) is 33.6. The van der Waals surface area contributed by atoms with Gasteiger partial charge >= 0.3 is 5.97 Å². The van der Waals surface area contributed by atoms with Crippen molar-refractivity contribution in [1.29, 1.82) is 0 Å². The molecule has 0 saturated carbocycles. The number of benzene rings is 1. The number of carbonyl (C=O) groups is 6. The fourth-order valence-electron chi connectivity index (χ4n) is 4.41. The maximum Gasteiger partial charge on any atom is 0.326 e. The lowest BCUT2D eigenvalue weighted by Gasteiger charge is -2.30. The zero-order valence-corrected chi connectivity index (χ0v) is 26.8. The molecule has 1 rings (SSSR count). The predicted molar refractivity (Wildman–Crippen MR) is 166 cm³/mol. The molecule has 13 heteroatoms. The van der Waals surface area contributed by atoms with Crippen LogP contribution in [0, 0.1) is 17.8 Å². The van der Waals surface area contributed by atoms with Crippen LogP contribution < -0.4 is 32.3 Å². The van der Waals surface area contributed by atoms with Gasteiger partial charge in [0.1, 0.15) is 30.2 Å². The number of nitrogens with one attached hydrogen (secondary N) is 5. The summed E-state index contributed by atoms with van der Waals surface area (Å²) in [6.45, 7) is 12.0. The van der Waals surface area contributed by atoms with Crippen LogP contribution in [0.5, 0.6) is 0 Å². The van der Waals surface area contributed by atoms with E-state index in [0.29, 0.717) is 6.42 Å². The first-order valence-electron chi connectivity index (χ1n) is 15.1. The van der Waals surface area contributed by atoms with Gasteiger partial charge in [-0.3, -0.25) is 24.0 Å². The minimum absolute atomic E-state index is 0.00273. The van der Waals surface area contributed by atoms with Crippen LogP contribution in [-0.2, 0) is 35.2 Å². The first-order valence-corrected chi connectivity index (χ1v) is 15.1. The summed E-state index contributed by atoms with van der Waals surface area (Å²) in [5.74, 6) is -4.95. The lowest BCUT2D eigenvalue weighted by molar-refractivity contribution is -0.142. The minimum Gasteiger partial charge on any atom is -0.480 e. The quantitative estimate of drug-likeness (QED) is 0.123. The van der Waals surface area contributed by atoms with E-state index in [1.54, 1.807) is 51.1 Å². The van der Waals surface area contributed by atoms with Crippen molar-refractivity contribution in [3.05, 3.63) is 35.9 Å². The summed E-state index contributed by atoms with van der Waals surface area (Å²) in [6.07, 6.45) is 0.834. The summed E-state index contributed by atoms with van der Waals surface area (Å²) in [7, 11) is 0. The van der Waals surface area contributed by atoms with Crippen LogP contribution >= 0.6 is 0 Å². The van der Waals surface area contributed by atoms with Gasteiger partial charge in [0.25, 0.3) is 0 Å². The Bertz CT molecular complexity index is 1130. The number of hydrogen-bond acceptors (Lipinski definition) is 7. The molecule has 1 aromatic rings. The number of hydrogen-bond donors (Lipinski definition) is 7. The minimum atomic E-state index is -1.22. The van der Waals surface area contributed by atoms with E-state index < -0.39 is 71.6 Å². The monoisotopic (exact) mass is 618 g/mol. The normalized spacial score (nSPS) is 15.2. The lowest BCUT2D eigenvalue weighted by atomic mass is 9.95. The number of carboxylic acids is 1. The highest BCUT2D eigenvalue weighted by molar-refractivity contribution is 5.96. The first kappa shape index (κ1) is 38.0. The molecule has 0 heterocycles. The van der Waals surface area contributed by atoms with Gasteiger partial charge in [-0.15, -0.1) is 0 Å². The van der Waals surface area contributed by atoms with Crippen molar-refractivity contribution < 1.29 is 33.9 Å². The van der Waals surface area contributed by atoms with Gasteiger partial charge in [-0.05, 0) is 36.7 Å². The second-order valence-corrected chi connectivity index (χ2v) is 11.9. The molecule has 1 aromatic carbocycles. The average Bonchev–Trinajstić information content (AvgIpc) is 2.96. The van der Waals surface area contributed by atoms with E-state index in [1.807, 2.05) is 20.8 Å². The Kier molecular flexibility index (Phi) is 16.1. The molecule has 246 valence electrons. The second kappa shape index (κ2) is 18.6. The summed E-state index contributed by atoms with van der Waals surface area (Å²) in [5, 5.41) is 22.8. The van der Waals surface area contributed by atoms with Crippen LogP contribution in [0.25, 0.3) is 0 Å². The Labute approximate surface area is 259 Å². The van der Waals surface area contributed by atoms with Crippen LogP contribution in [0.3, 0.4) is 0 Å². The van der Waals surface area contributed by atoms with Crippen molar-refractivity contribution in [2.45, 2.75) is 97.9 Å². The zero-order valence-electron chi connectivity index (χ0n) is 26.8. The van der Waals surface area contributed by atoms with E-state index in [2.05, 4.69) is 26.6 Å². The van der Waals surface area contributed by atoms with Gasteiger partial charge in [0.05, 0.1) is 6.54 Å². The van der Waals surface area contributed by atoms with Gasteiger partial charge in [0, 0.05) is 6.42 Å². The Hall–Kier alpha value is -4.00. The topological polar surface area (TPSA) is 209 Å². The van der Waals surface area contributed by atoms with E-state index in [1.165, 1.54) is 6.92 Å². The van der Waals surface area contributed by atoms with Crippen LogP contribution in [0.15, 0.2) is 30.3 Å². The van der Waals surface area contributed by atoms with E-state index >= 15 is 0 Å². The Balaban J connectivity index is 3.11. The average molecular weight is 619 g/mol. The molecule has 0 spiro atoms. The summed E-state index contributed by atoms with van der Waals surface area (Å²) < 4.78 is 0. The van der Waals surface area contributed by atoms with Crippen molar-refractivity contribution in [2.75, 3.05) is 6.54 Å². The van der Waals surface area contributed by atoms with Crippen LogP contribution in [0.1, 0.15) is 66.9 Å². The van der Waals surface area contributed by atoms with Gasteiger partial charge in [-0.25, -0.2) is 4.79 Å². The summed E-state index contributed by atoms with van der Waals surface area (Å²) in [6, 6.07) is 3.57. The van der Waals surface area contributed by atoms with E-state index in [9.17, 15) is 33.9 Å². The Morgan fingerprint density at radius 2 is 1.27 bits per heavy atom. The van der Waals surface area contributed by atoms with Crippen LogP contribution in [0.4, 0.5) is 0 Å². The molecule has 8 N–H and O–H groups in total. The van der Waals surface area contributed by atoms with Gasteiger partial charge in [-0.1, -0.05) is 78.3 Å². The number of amides is 5. The van der Waals surface area contributed by atoms with Gasteiger partial charge < -0.3 is 37.4 Å². The molecular formula is C31H50N6O7. The molecule has 6 atom stereocenters. The molecule has 0 radical (unpaired) electrons. The van der Waals surface area contributed by atoms with Gasteiger partial charge in [0.15, 0.2) is 0 Å². The fraction of sp³-hybridized carbons (Fsp3) is 0.613. The first-order chi connectivity index (χ1) is 20.6. The maximum atomic E-state index is 13.6. The highest BCUT2D eigenvalue weighted by Gasteiger charge is 2.35. The van der Waals surface area contributed by atoms with Gasteiger partial charge in [-0.2, -0.15) is 0 Å². The third kappa shape index (κ3) is 12.7. The molecule has 0 aliphatic carbocycles. The van der Waals surface area contributed by atoms with E-state index in [-0.39, 0.29) is 31.2 Å². The maximum absolute atomic E-state index is 13.6. The molecule has 0 unspecified atom stereocenters. The molecular weight excluding hydrogens is 568 g/mol. The smallest absolute Gasteiger partial charge is 0.326 e. The van der Waals surface area contributed by atoms with Crippen molar-refractivity contribution in [3.63, 3.8) is 0 Å². The third-order valence-electron chi connectivity index (χ3n) is 7.23. The summed E-state index contributed by atoms with van der Waals surface area (Å²) >= 11 is 0. The third-order valence-corrected chi connectivity index (χ3v) is 7.23.